The molecule has 0 amide bonds. The highest BCUT2D eigenvalue weighted by Gasteiger charge is 2.17. The Hall–Kier alpha value is -3.00. The Bertz CT molecular complexity index is 1090. The lowest BCUT2D eigenvalue weighted by Crippen LogP contribution is -2.30. The number of hydrogen-bond donors (Lipinski definition) is 0. The molecule has 0 saturated heterocycles. The van der Waals surface area contributed by atoms with Crippen molar-refractivity contribution in [3.05, 3.63) is 112 Å². The molecule has 0 atom stereocenters. The molecule has 152 valence electrons. The fraction of sp³-hybridized carbons (Fsp3) is 0.200. The van der Waals surface area contributed by atoms with Crippen molar-refractivity contribution < 1.29 is 9.18 Å². The Labute approximate surface area is 182 Å². The number of carbonyl (C=O) groups excluding carboxylic acids is 1. The zero-order valence-corrected chi connectivity index (χ0v) is 17.3. The average Bonchev–Trinajstić information content (AvgIpc) is 2.74. The second kappa shape index (κ2) is 9.67. The van der Waals surface area contributed by atoms with E-state index in [-0.39, 0.29) is 24.0 Å². The molecule has 0 aromatic heterocycles. The minimum Gasteiger partial charge on any atom is -0.294 e. The quantitative estimate of drug-likeness (QED) is 0.386. The van der Waals surface area contributed by atoms with Crippen LogP contribution in [0.25, 0.3) is 4.85 Å². The van der Waals surface area contributed by atoms with Gasteiger partial charge in [-0.3, -0.25) is 9.69 Å². The lowest BCUT2D eigenvalue weighted by molar-refractivity contribution is 0.0992. The maximum atomic E-state index is 13.4. The van der Waals surface area contributed by atoms with E-state index in [0.29, 0.717) is 17.7 Å². The Kier molecular flexibility index (Phi) is 6.99. The average molecular weight is 421 g/mol. The van der Waals surface area contributed by atoms with Crippen LogP contribution in [-0.2, 0) is 25.9 Å². The molecule has 4 rings (SSSR count). The smallest absolute Gasteiger partial charge is 0.187 e. The third kappa shape index (κ3) is 5.13. The zero-order chi connectivity index (χ0) is 20.2. The molecule has 0 saturated carbocycles. The van der Waals surface area contributed by atoms with Crippen LogP contribution in [0.2, 0.25) is 0 Å². The standard InChI is InChI=1S/C25H21FN2O.ClH/c1-27-24-9-5-18(6-10-24)14-25(29)21-4-2-3-19(13-21)16-28-12-11-20-15-23(26)8-7-22(20)17-28;/h2-10,13,15H,11-12,14,16-17H2;1H. The zero-order valence-electron chi connectivity index (χ0n) is 16.5. The first-order chi connectivity index (χ1) is 14.1. The van der Waals surface area contributed by atoms with E-state index in [4.69, 9.17) is 6.57 Å². The monoisotopic (exact) mass is 420 g/mol. The number of fused-ring (bicyclic) bond motifs is 1. The van der Waals surface area contributed by atoms with E-state index in [1.807, 2.05) is 42.5 Å². The normalized spacial score (nSPS) is 13.1. The number of benzene rings is 3. The van der Waals surface area contributed by atoms with Crippen LogP contribution in [-0.4, -0.2) is 17.2 Å². The molecule has 0 N–H and O–H groups in total. The van der Waals surface area contributed by atoms with Crippen LogP contribution in [0.15, 0.2) is 66.7 Å². The van der Waals surface area contributed by atoms with E-state index in [9.17, 15) is 9.18 Å². The van der Waals surface area contributed by atoms with Crippen LogP contribution in [0, 0.1) is 12.4 Å². The number of carbonyl (C=O) groups is 1. The van der Waals surface area contributed by atoms with Crippen LogP contribution in [0.5, 0.6) is 0 Å². The Morgan fingerprint density at radius 1 is 1.00 bits per heavy atom. The fourth-order valence-corrected chi connectivity index (χ4v) is 3.79. The van der Waals surface area contributed by atoms with Crippen molar-refractivity contribution in [1.29, 1.82) is 0 Å². The summed E-state index contributed by atoms with van der Waals surface area (Å²) in [5.41, 5.74) is 5.56. The van der Waals surface area contributed by atoms with Gasteiger partial charge in [0.25, 0.3) is 0 Å². The third-order valence-corrected chi connectivity index (χ3v) is 5.34. The van der Waals surface area contributed by atoms with Gasteiger partial charge in [0.2, 0.25) is 0 Å². The predicted molar refractivity (Wildman–Crippen MR) is 119 cm³/mol. The molecule has 3 nitrogen and oxygen atoms in total. The summed E-state index contributed by atoms with van der Waals surface area (Å²) >= 11 is 0. The molecule has 0 spiro atoms. The second-order valence-corrected chi connectivity index (χ2v) is 7.45. The van der Waals surface area contributed by atoms with Gasteiger partial charge in [-0.15, -0.1) is 12.4 Å². The summed E-state index contributed by atoms with van der Waals surface area (Å²) in [7, 11) is 0. The van der Waals surface area contributed by atoms with E-state index in [1.165, 1.54) is 11.6 Å². The lowest BCUT2D eigenvalue weighted by atomic mass is 9.98. The van der Waals surface area contributed by atoms with Crippen LogP contribution >= 0.6 is 12.4 Å². The highest BCUT2D eigenvalue weighted by molar-refractivity contribution is 5.97. The van der Waals surface area contributed by atoms with Crippen molar-refractivity contribution in [3.8, 4) is 0 Å². The summed E-state index contributed by atoms with van der Waals surface area (Å²) < 4.78 is 13.4. The lowest BCUT2D eigenvalue weighted by Gasteiger charge is -2.28. The molecule has 0 bridgehead atoms. The SMILES string of the molecule is Cl.[C-]#[N+]c1ccc(CC(=O)c2cccc(CN3CCc4cc(F)ccc4C3)c2)cc1. The van der Waals surface area contributed by atoms with Crippen molar-refractivity contribution >= 4 is 23.9 Å². The van der Waals surface area contributed by atoms with Gasteiger partial charge in [-0.25, -0.2) is 9.24 Å². The van der Waals surface area contributed by atoms with Crippen molar-refractivity contribution in [2.45, 2.75) is 25.9 Å². The number of nitrogens with zero attached hydrogens (tertiary/aromatic N) is 2. The van der Waals surface area contributed by atoms with E-state index in [1.54, 1.807) is 18.2 Å². The van der Waals surface area contributed by atoms with Gasteiger partial charge in [0.1, 0.15) is 5.82 Å². The number of ketones is 1. The molecular weight excluding hydrogens is 399 g/mol. The molecule has 1 heterocycles. The molecule has 30 heavy (non-hydrogen) atoms. The summed E-state index contributed by atoms with van der Waals surface area (Å²) in [5, 5.41) is 0. The van der Waals surface area contributed by atoms with E-state index < -0.39 is 0 Å². The van der Waals surface area contributed by atoms with Crippen molar-refractivity contribution in [3.63, 3.8) is 0 Å². The molecule has 3 aromatic rings. The van der Waals surface area contributed by atoms with Crippen LogP contribution in [0.3, 0.4) is 0 Å². The van der Waals surface area contributed by atoms with Gasteiger partial charge in [0.05, 0.1) is 6.57 Å². The van der Waals surface area contributed by atoms with Gasteiger partial charge in [-0.05, 0) is 46.9 Å². The number of rotatable bonds is 5. The van der Waals surface area contributed by atoms with Gasteiger partial charge in [0.15, 0.2) is 11.5 Å². The molecule has 1 aliphatic rings. The molecule has 0 unspecified atom stereocenters. The van der Waals surface area contributed by atoms with E-state index in [0.717, 1.165) is 42.7 Å². The molecular formula is C25H22ClFN2O. The first kappa shape index (κ1) is 21.7. The summed E-state index contributed by atoms with van der Waals surface area (Å²) in [5.74, 6) is -0.103. The predicted octanol–water partition coefficient (Wildman–Crippen LogP) is 5.78. The number of halogens is 2. The Balaban J connectivity index is 0.00000256. The minimum absolute atomic E-state index is 0. The first-order valence-corrected chi connectivity index (χ1v) is 9.69. The van der Waals surface area contributed by atoms with Crippen molar-refractivity contribution in [2.24, 2.45) is 0 Å². The van der Waals surface area contributed by atoms with Gasteiger partial charge in [0, 0.05) is 31.6 Å². The topological polar surface area (TPSA) is 24.7 Å². The molecule has 3 aromatic carbocycles. The maximum Gasteiger partial charge on any atom is 0.187 e. The summed E-state index contributed by atoms with van der Waals surface area (Å²) in [4.78, 5) is 18.4. The summed E-state index contributed by atoms with van der Waals surface area (Å²) in [6.45, 7) is 9.44. The van der Waals surface area contributed by atoms with Gasteiger partial charge in [-0.1, -0.05) is 48.5 Å². The molecule has 5 heteroatoms. The number of hydrogen-bond acceptors (Lipinski definition) is 2. The fourth-order valence-electron chi connectivity index (χ4n) is 3.79. The van der Waals surface area contributed by atoms with E-state index in [2.05, 4.69) is 9.74 Å². The Morgan fingerprint density at radius 3 is 2.57 bits per heavy atom. The third-order valence-electron chi connectivity index (χ3n) is 5.34. The second-order valence-electron chi connectivity index (χ2n) is 7.45. The van der Waals surface area contributed by atoms with Gasteiger partial charge >= 0.3 is 0 Å². The molecule has 1 aliphatic heterocycles. The highest BCUT2D eigenvalue weighted by atomic mass is 35.5. The summed E-state index contributed by atoms with van der Waals surface area (Å²) in [6.07, 6.45) is 1.16. The molecule has 0 fully saturated rings. The van der Waals surface area contributed by atoms with Crippen LogP contribution in [0.4, 0.5) is 10.1 Å². The number of Topliss-reactive ketones (excluding diaryl/α,β-unsaturated/α-hetero) is 1. The van der Waals surface area contributed by atoms with Crippen molar-refractivity contribution in [1.82, 2.24) is 4.90 Å². The first-order valence-electron chi connectivity index (χ1n) is 9.69. The van der Waals surface area contributed by atoms with Crippen molar-refractivity contribution in [2.75, 3.05) is 6.54 Å². The van der Waals surface area contributed by atoms with Gasteiger partial charge in [-0.2, -0.15) is 0 Å². The highest BCUT2D eigenvalue weighted by Crippen LogP contribution is 2.22. The minimum atomic E-state index is -0.174. The molecule has 0 radical (unpaired) electrons. The van der Waals surface area contributed by atoms with Crippen LogP contribution in [0.1, 0.15) is 32.6 Å². The van der Waals surface area contributed by atoms with E-state index >= 15 is 0 Å². The van der Waals surface area contributed by atoms with Gasteiger partial charge < -0.3 is 0 Å². The maximum absolute atomic E-state index is 13.4. The Morgan fingerprint density at radius 2 is 1.80 bits per heavy atom. The summed E-state index contributed by atoms with van der Waals surface area (Å²) in [6, 6.07) is 20.0. The largest absolute Gasteiger partial charge is 0.294 e. The molecule has 0 aliphatic carbocycles. The van der Waals surface area contributed by atoms with Crippen LogP contribution < -0.4 is 0 Å².